The Morgan fingerprint density at radius 1 is 1.50 bits per heavy atom. The first kappa shape index (κ1) is 13.5. The van der Waals surface area contributed by atoms with Crippen LogP contribution in [0.15, 0.2) is 0 Å². The molecule has 1 fully saturated rings. The molecule has 0 aromatic heterocycles. The van der Waals surface area contributed by atoms with Gasteiger partial charge in [0.25, 0.3) is 0 Å². The summed E-state index contributed by atoms with van der Waals surface area (Å²) in [5.41, 5.74) is 5.14. The highest BCUT2D eigenvalue weighted by atomic mass is 16.5. The maximum atomic E-state index is 11.6. The van der Waals surface area contributed by atoms with E-state index in [1.807, 2.05) is 0 Å². The Morgan fingerprint density at radius 2 is 2.12 bits per heavy atom. The fourth-order valence-electron chi connectivity index (χ4n) is 2.18. The SMILES string of the molecule is CCCC(C)NCC1(C(N)=O)CCOCC1. The number of nitrogens with two attached hydrogens (primary N) is 1. The first-order valence-corrected chi connectivity index (χ1v) is 6.22. The Morgan fingerprint density at radius 3 is 2.62 bits per heavy atom. The topological polar surface area (TPSA) is 64.3 Å². The van der Waals surface area contributed by atoms with Crippen molar-refractivity contribution in [3.8, 4) is 0 Å². The fraction of sp³-hybridized carbons (Fsp3) is 0.917. The van der Waals surface area contributed by atoms with Gasteiger partial charge in [0, 0.05) is 25.8 Å². The monoisotopic (exact) mass is 228 g/mol. The molecule has 1 aliphatic heterocycles. The summed E-state index contributed by atoms with van der Waals surface area (Å²) in [7, 11) is 0. The number of amides is 1. The van der Waals surface area contributed by atoms with Crippen LogP contribution in [0.25, 0.3) is 0 Å². The lowest BCUT2D eigenvalue weighted by Gasteiger charge is -2.35. The van der Waals surface area contributed by atoms with Crippen LogP contribution in [0.4, 0.5) is 0 Å². The van der Waals surface area contributed by atoms with Crippen molar-refractivity contribution >= 4 is 5.91 Å². The van der Waals surface area contributed by atoms with E-state index in [4.69, 9.17) is 10.5 Å². The van der Waals surface area contributed by atoms with Crippen LogP contribution in [0.1, 0.15) is 39.5 Å². The van der Waals surface area contributed by atoms with Crippen molar-refractivity contribution in [1.82, 2.24) is 5.32 Å². The third-order valence-corrected chi connectivity index (χ3v) is 3.48. The molecule has 0 aliphatic carbocycles. The predicted octanol–water partition coefficient (Wildman–Crippen LogP) is 1.05. The van der Waals surface area contributed by atoms with Crippen LogP contribution in [-0.4, -0.2) is 31.7 Å². The van der Waals surface area contributed by atoms with Crippen molar-refractivity contribution in [2.45, 2.75) is 45.6 Å². The standard InChI is InChI=1S/C12H24N2O2/c1-3-4-10(2)14-9-12(11(13)15)5-7-16-8-6-12/h10,14H,3-9H2,1-2H3,(H2,13,15). The highest BCUT2D eigenvalue weighted by molar-refractivity contribution is 5.81. The molecule has 4 nitrogen and oxygen atoms in total. The predicted molar refractivity (Wildman–Crippen MR) is 64.1 cm³/mol. The summed E-state index contributed by atoms with van der Waals surface area (Å²) in [6.07, 6.45) is 3.77. The molecule has 0 aromatic carbocycles. The van der Waals surface area contributed by atoms with Crippen LogP contribution in [0.3, 0.4) is 0 Å². The number of carbonyl (C=O) groups excluding carboxylic acids is 1. The Bertz CT molecular complexity index is 225. The Balaban J connectivity index is 2.47. The molecular weight excluding hydrogens is 204 g/mol. The lowest BCUT2D eigenvalue weighted by molar-refractivity contribution is -0.133. The molecule has 16 heavy (non-hydrogen) atoms. The molecule has 1 aliphatic rings. The molecule has 0 bridgehead atoms. The second-order valence-corrected chi connectivity index (χ2v) is 4.83. The molecule has 1 heterocycles. The summed E-state index contributed by atoms with van der Waals surface area (Å²) < 4.78 is 5.29. The summed E-state index contributed by atoms with van der Waals surface area (Å²) in [5.74, 6) is -0.188. The van der Waals surface area contributed by atoms with Crippen molar-refractivity contribution < 1.29 is 9.53 Å². The maximum absolute atomic E-state index is 11.6. The molecule has 1 unspecified atom stereocenters. The van der Waals surface area contributed by atoms with E-state index in [0.717, 1.165) is 25.7 Å². The van der Waals surface area contributed by atoms with Gasteiger partial charge in [0.1, 0.15) is 0 Å². The minimum absolute atomic E-state index is 0.188. The van der Waals surface area contributed by atoms with E-state index >= 15 is 0 Å². The van der Waals surface area contributed by atoms with Gasteiger partial charge in [-0.2, -0.15) is 0 Å². The Hall–Kier alpha value is -0.610. The van der Waals surface area contributed by atoms with Crippen LogP contribution in [0, 0.1) is 5.41 Å². The summed E-state index contributed by atoms with van der Waals surface area (Å²) in [6, 6.07) is 0.448. The van der Waals surface area contributed by atoms with Crippen LogP contribution in [0.2, 0.25) is 0 Å². The van der Waals surface area contributed by atoms with E-state index in [9.17, 15) is 4.79 Å². The number of hydrogen-bond donors (Lipinski definition) is 2. The zero-order valence-electron chi connectivity index (χ0n) is 10.4. The normalized spacial score (nSPS) is 21.6. The van der Waals surface area contributed by atoms with Gasteiger partial charge in [-0.25, -0.2) is 0 Å². The summed E-state index contributed by atoms with van der Waals surface area (Å²) in [4.78, 5) is 11.6. The lowest BCUT2D eigenvalue weighted by atomic mass is 9.79. The fourth-order valence-corrected chi connectivity index (χ4v) is 2.18. The number of hydrogen-bond acceptors (Lipinski definition) is 3. The minimum atomic E-state index is -0.389. The Labute approximate surface area is 97.9 Å². The first-order valence-electron chi connectivity index (χ1n) is 6.22. The first-order chi connectivity index (χ1) is 7.60. The van der Waals surface area contributed by atoms with E-state index < -0.39 is 0 Å². The molecule has 0 saturated carbocycles. The van der Waals surface area contributed by atoms with Crippen molar-refractivity contribution in [2.24, 2.45) is 11.1 Å². The van der Waals surface area contributed by atoms with Gasteiger partial charge in [0.05, 0.1) is 5.41 Å². The molecule has 4 heteroatoms. The van der Waals surface area contributed by atoms with Crippen LogP contribution in [-0.2, 0) is 9.53 Å². The Kier molecular flexibility index (Phi) is 5.22. The molecule has 0 radical (unpaired) electrons. The average Bonchev–Trinajstić information content (AvgIpc) is 2.28. The van der Waals surface area contributed by atoms with Crippen molar-refractivity contribution in [3.05, 3.63) is 0 Å². The van der Waals surface area contributed by atoms with Crippen LogP contribution < -0.4 is 11.1 Å². The quantitative estimate of drug-likeness (QED) is 0.714. The molecular formula is C12H24N2O2. The summed E-state index contributed by atoms with van der Waals surface area (Å²) in [5, 5.41) is 3.42. The second-order valence-electron chi connectivity index (χ2n) is 4.83. The van der Waals surface area contributed by atoms with Gasteiger partial charge in [-0.1, -0.05) is 13.3 Å². The maximum Gasteiger partial charge on any atom is 0.225 e. The minimum Gasteiger partial charge on any atom is -0.381 e. The number of rotatable bonds is 6. The highest BCUT2D eigenvalue weighted by Gasteiger charge is 2.38. The van der Waals surface area contributed by atoms with Crippen molar-refractivity contribution in [2.75, 3.05) is 19.8 Å². The second kappa shape index (κ2) is 6.21. The van der Waals surface area contributed by atoms with Gasteiger partial charge in [-0.05, 0) is 26.2 Å². The van der Waals surface area contributed by atoms with Gasteiger partial charge in [0.2, 0.25) is 5.91 Å². The van der Waals surface area contributed by atoms with Crippen molar-refractivity contribution in [3.63, 3.8) is 0 Å². The molecule has 0 spiro atoms. The van der Waals surface area contributed by atoms with Gasteiger partial charge in [-0.3, -0.25) is 4.79 Å². The van der Waals surface area contributed by atoms with E-state index in [1.54, 1.807) is 0 Å². The average molecular weight is 228 g/mol. The largest absolute Gasteiger partial charge is 0.381 e. The molecule has 3 N–H and O–H groups in total. The lowest BCUT2D eigenvalue weighted by Crippen LogP contribution is -2.49. The van der Waals surface area contributed by atoms with Crippen LogP contribution in [0.5, 0.6) is 0 Å². The summed E-state index contributed by atoms with van der Waals surface area (Å²) >= 11 is 0. The van der Waals surface area contributed by atoms with Gasteiger partial charge >= 0.3 is 0 Å². The number of ether oxygens (including phenoxy) is 1. The third-order valence-electron chi connectivity index (χ3n) is 3.48. The third kappa shape index (κ3) is 3.46. The van der Waals surface area contributed by atoms with E-state index in [1.165, 1.54) is 0 Å². The molecule has 0 aromatic rings. The van der Waals surface area contributed by atoms with Gasteiger partial charge < -0.3 is 15.8 Å². The molecule has 1 saturated heterocycles. The zero-order valence-corrected chi connectivity index (χ0v) is 10.4. The van der Waals surface area contributed by atoms with Crippen molar-refractivity contribution in [1.29, 1.82) is 0 Å². The number of primary amides is 1. The molecule has 1 rings (SSSR count). The van der Waals surface area contributed by atoms with Gasteiger partial charge in [0.15, 0.2) is 0 Å². The van der Waals surface area contributed by atoms with E-state index in [-0.39, 0.29) is 11.3 Å². The molecule has 1 amide bonds. The van der Waals surface area contributed by atoms with E-state index in [0.29, 0.717) is 25.8 Å². The number of nitrogens with one attached hydrogen (secondary N) is 1. The highest BCUT2D eigenvalue weighted by Crippen LogP contribution is 2.29. The summed E-state index contributed by atoms with van der Waals surface area (Å²) in [6.45, 7) is 6.29. The van der Waals surface area contributed by atoms with Gasteiger partial charge in [-0.15, -0.1) is 0 Å². The number of carbonyl (C=O) groups is 1. The smallest absolute Gasteiger partial charge is 0.225 e. The molecule has 94 valence electrons. The zero-order chi connectivity index (χ0) is 12.0. The van der Waals surface area contributed by atoms with Crippen LogP contribution >= 0.6 is 0 Å². The molecule has 1 atom stereocenters. The van der Waals surface area contributed by atoms with E-state index in [2.05, 4.69) is 19.2 Å².